The van der Waals surface area contributed by atoms with E-state index in [-0.39, 0.29) is 10.9 Å². The topological polar surface area (TPSA) is 76.2 Å². The zero-order valence-electron chi connectivity index (χ0n) is 16.9. The molecule has 2 aromatic carbocycles. The summed E-state index contributed by atoms with van der Waals surface area (Å²) in [5, 5.41) is 0. The molecule has 0 aliphatic carbocycles. The summed E-state index contributed by atoms with van der Waals surface area (Å²) in [4.78, 5) is 14.8. The number of hydrogen-bond acceptors (Lipinski definition) is 6. The van der Waals surface area contributed by atoms with Crippen molar-refractivity contribution in [1.82, 2.24) is 9.21 Å². The van der Waals surface area contributed by atoms with Crippen LogP contribution in [0.25, 0.3) is 0 Å². The number of nitrogens with zero attached hydrogens (tertiary/aromatic N) is 2. The van der Waals surface area contributed by atoms with Crippen LogP contribution in [0.1, 0.15) is 19.3 Å². The first kappa shape index (κ1) is 20.8. The third-order valence-electron chi connectivity index (χ3n) is 5.77. The van der Waals surface area contributed by atoms with Crippen molar-refractivity contribution in [3.63, 3.8) is 0 Å². The van der Waals surface area contributed by atoms with E-state index in [9.17, 15) is 13.2 Å². The first-order valence-electron chi connectivity index (χ1n) is 10.2. The van der Waals surface area contributed by atoms with Gasteiger partial charge in [0.15, 0.2) is 0 Å². The van der Waals surface area contributed by atoms with Crippen molar-refractivity contribution in [1.29, 1.82) is 0 Å². The molecule has 2 fully saturated rings. The minimum atomic E-state index is -3.84. The molecule has 0 saturated carbocycles. The molecule has 2 aromatic rings. The highest BCUT2D eigenvalue weighted by Gasteiger charge is 2.46. The monoisotopic (exact) mass is 430 g/mol. The number of likely N-dealkylation sites (tertiary alicyclic amines) is 1. The number of esters is 1. The Morgan fingerprint density at radius 2 is 1.60 bits per heavy atom. The maximum Gasteiger partial charge on any atom is 0.324 e. The Bertz CT molecular complexity index is 972. The molecular formula is C22H26N2O5S. The third kappa shape index (κ3) is 4.21. The average molecular weight is 431 g/mol. The summed E-state index contributed by atoms with van der Waals surface area (Å²) >= 11 is 0. The normalized spacial score (nSPS) is 22.8. The lowest BCUT2D eigenvalue weighted by atomic mass is 10.1. The smallest absolute Gasteiger partial charge is 0.324 e. The fourth-order valence-corrected chi connectivity index (χ4v) is 5.84. The molecular weight excluding hydrogens is 404 g/mol. The van der Waals surface area contributed by atoms with E-state index < -0.39 is 22.0 Å². The van der Waals surface area contributed by atoms with E-state index in [0.29, 0.717) is 24.5 Å². The Morgan fingerprint density at radius 3 is 2.23 bits per heavy atom. The molecule has 2 aliphatic heterocycles. The van der Waals surface area contributed by atoms with Crippen LogP contribution in [0.5, 0.6) is 11.5 Å². The summed E-state index contributed by atoms with van der Waals surface area (Å²) in [7, 11) is -2.55. The number of sulfonamides is 1. The summed E-state index contributed by atoms with van der Waals surface area (Å²) in [5.74, 6) is 0.706. The third-order valence-corrected chi connectivity index (χ3v) is 7.66. The first-order chi connectivity index (χ1) is 14.5. The van der Waals surface area contributed by atoms with Gasteiger partial charge in [0.05, 0.1) is 12.0 Å². The van der Waals surface area contributed by atoms with Gasteiger partial charge in [0.1, 0.15) is 17.5 Å². The van der Waals surface area contributed by atoms with Crippen molar-refractivity contribution in [2.24, 2.45) is 0 Å². The van der Waals surface area contributed by atoms with Crippen molar-refractivity contribution in [2.45, 2.75) is 36.2 Å². The second-order valence-electron chi connectivity index (χ2n) is 7.63. The number of methoxy groups -OCH3 is 1. The van der Waals surface area contributed by atoms with Gasteiger partial charge in [-0.25, -0.2) is 8.42 Å². The molecule has 0 radical (unpaired) electrons. The van der Waals surface area contributed by atoms with Crippen LogP contribution in [0.15, 0.2) is 59.5 Å². The molecule has 2 saturated heterocycles. The van der Waals surface area contributed by atoms with E-state index >= 15 is 0 Å². The van der Waals surface area contributed by atoms with E-state index in [1.807, 2.05) is 30.3 Å². The molecule has 2 atom stereocenters. The van der Waals surface area contributed by atoms with Gasteiger partial charge < -0.3 is 9.47 Å². The molecule has 7 nitrogen and oxygen atoms in total. The number of benzene rings is 2. The average Bonchev–Trinajstić information content (AvgIpc) is 3.44. The minimum Gasteiger partial charge on any atom is -0.468 e. The molecule has 2 unspecified atom stereocenters. The van der Waals surface area contributed by atoms with Gasteiger partial charge in [-0.1, -0.05) is 18.2 Å². The summed E-state index contributed by atoms with van der Waals surface area (Å²) in [6, 6.07) is 14.8. The fourth-order valence-electron chi connectivity index (χ4n) is 4.21. The lowest BCUT2D eigenvalue weighted by Gasteiger charge is -2.24. The van der Waals surface area contributed by atoms with Crippen LogP contribution in [-0.4, -0.2) is 62.4 Å². The Morgan fingerprint density at radius 1 is 0.967 bits per heavy atom. The number of para-hydroxylation sites is 1. The molecule has 160 valence electrons. The summed E-state index contributed by atoms with van der Waals surface area (Å²) in [6.45, 7) is 2.18. The molecule has 0 spiro atoms. The van der Waals surface area contributed by atoms with Crippen LogP contribution in [-0.2, 0) is 19.6 Å². The van der Waals surface area contributed by atoms with E-state index in [2.05, 4.69) is 4.90 Å². The van der Waals surface area contributed by atoms with Gasteiger partial charge in [-0.05, 0) is 68.8 Å². The van der Waals surface area contributed by atoms with E-state index in [0.717, 1.165) is 25.9 Å². The van der Waals surface area contributed by atoms with Crippen molar-refractivity contribution in [2.75, 3.05) is 26.7 Å². The molecule has 0 aromatic heterocycles. The predicted molar refractivity (Wildman–Crippen MR) is 112 cm³/mol. The lowest BCUT2D eigenvalue weighted by molar-refractivity contribution is -0.144. The predicted octanol–water partition coefficient (Wildman–Crippen LogP) is 2.88. The van der Waals surface area contributed by atoms with Gasteiger partial charge in [-0.3, -0.25) is 9.69 Å². The Kier molecular flexibility index (Phi) is 6.08. The van der Waals surface area contributed by atoms with Crippen LogP contribution in [0.2, 0.25) is 0 Å². The second-order valence-corrected chi connectivity index (χ2v) is 9.52. The SMILES string of the molecule is COC(=O)C1CC(N2CCCC2)CN1S(=O)(=O)c1ccc(Oc2ccccc2)cc1. The molecule has 2 aliphatic rings. The van der Waals surface area contributed by atoms with Crippen molar-refractivity contribution in [3.05, 3.63) is 54.6 Å². The van der Waals surface area contributed by atoms with Crippen LogP contribution in [0.3, 0.4) is 0 Å². The van der Waals surface area contributed by atoms with Crippen LogP contribution >= 0.6 is 0 Å². The number of carbonyl (C=O) groups excluding carboxylic acids is 1. The summed E-state index contributed by atoms with van der Waals surface area (Å²) in [6.07, 6.45) is 2.67. The van der Waals surface area contributed by atoms with Crippen LogP contribution in [0.4, 0.5) is 0 Å². The van der Waals surface area contributed by atoms with Gasteiger partial charge in [-0.2, -0.15) is 4.31 Å². The number of hydrogen-bond donors (Lipinski definition) is 0. The number of carbonyl (C=O) groups is 1. The van der Waals surface area contributed by atoms with E-state index in [1.54, 1.807) is 12.1 Å². The highest BCUT2D eigenvalue weighted by molar-refractivity contribution is 7.89. The van der Waals surface area contributed by atoms with Gasteiger partial charge in [0, 0.05) is 12.6 Å². The van der Waals surface area contributed by atoms with Gasteiger partial charge >= 0.3 is 5.97 Å². The van der Waals surface area contributed by atoms with Crippen LogP contribution in [0, 0.1) is 0 Å². The fraction of sp³-hybridized carbons (Fsp3) is 0.409. The molecule has 30 heavy (non-hydrogen) atoms. The standard InChI is InChI=1S/C22H26N2O5S/c1-28-22(25)21-15-17(23-13-5-6-14-23)16-24(21)30(26,27)20-11-9-19(10-12-20)29-18-7-3-2-4-8-18/h2-4,7-12,17,21H,5-6,13-16H2,1H3. The number of ether oxygens (including phenoxy) is 2. The van der Waals surface area contributed by atoms with Gasteiger partial charge in [0.2, 0.25) is 10.0 Å². The zero-order chi connectivity index (χ0) is 21.1. The molecule has 8 heteroatoms. The Hall–Kier alpha value is -2.42. The van der Waals surface area contributed by atoms with E-state index in [4.69, 9.17) is 9.47 Å². The Labute approximate surface area is 177 Å². The number of rotatable bonds is 6. The molecule has 0 N–H and O–H groups in total. The van der Waals surface area contributed by atoms with Crippen molar-refractivity contribution >= 4 is 16.0 Å². The zero-order valence-corrected chi connectivity index (χ0v) is 17.8. The van der Waals surface area contributed by atoms with Crippen LogP contribution < -0.4 is 4.74 Å². The minimum absolute atomic E-state index is 0.0343. The maximum absolute atomic E-state index is 13.4. The lowest BCUT2D eigenvalue weighted by Crippen LogP contribution is -2.41. The highest BCUT2D eigenvalue weighted by Crippen LogP contribution is 2.32. The molecule has 0 amide bonds. The van der Waals surface area contributed by atoms with E-state index in [1.165, 1.54) is 23.5 Å². The van der Waals surface area contributed by atoms with Crippen molar-refractivity contribution < 1.29 is 22.7 Å². The van der Waals surface area contributed by atoms with Crippen molar-refractivity contribution in [3.8, 4) is 11.5 Å². The highest BCUT2D eigenvalue weighted by atomic mass is 32.2. The summed E-state index contributed by atoms with van der Waals surface area (Å²) in [5.41, 5.74) is 0. The van der Waals surface area contributed by atoms with Gasteiger partial charge in [0.25, 0.3) is 0 Å². The quantitative estimate of drug-likeness (QED) is 0.656. The maximum atomic E-state index is 13.4. The second kappa shape index (κ2) is 8.75. The molecule has 2 heterocycles. The summed E-state index contributed by atoms with van der Waals surface area (Å²) < 4.78 is 38.7. The first-order valence-corrected chi connectivity index (χ1v) is 11.6. The Balaban J connectivity index is 1.55. The molecule has 4 rings (SSSR count). The largest absolute Gasteiger partial charge is 0.468 e. The van der Waals surface area contributed by atoms with Gasteiger partial charge in [-0.15, -0.1) is 0 Å². The molecule has 0 bridgehead atoms.